The van der Waals surface area contributed by atoms with E-state index >= 15 is 0 Å². The van der Waals surface area contributed by atoms with Crippen molar-refractivity contribution in [2.24, 2.45) is 0 Å². The number of benzene rings is 2. The van der Waals surface area contributed by atoms with Gasteiger partial charge >= 0.3 is 18.1 Å². The van der Waals surface area contributed by atoms with Crippen molar-refractivity contribution in [1.29, 1.82) is 0 Å². The number of phenolic OH excluding ortho intramolecular Hbond substituents is 1. The molecule has 2 atom stereocenters. The van der Waals surface area contributed by atoms with E-state index in [9.17, 15) is 23.1 Å². The summed E-state index contributed by atoms with van der Waals surface area (Å²) in [5.41, 5.74) is 2.64. The van der Waals surface area contributed by atoms with Crippen LogP contribution >= 0.6 is 11.8 Å². The van der Waals surface area contributed by atoms with Gasteiger partial charge in [-0.25, -0.2) is 0 Å². The number of rotatable bonds is 6. The van der Waals surface area contributed by atoms with Crippen molar-refractivity contribution >= 4 is 39.9 Å². The molecule has 9 nitrogen and oxygen atoms in total. The third-order valence-electron chi connectivity index (χ3n) is 9.47. The Labute approximate surface area is 264 Å². The van der Waals surface area contributed by atoms with E-state index in [2.05, 4.69) is 23.6 Å². The van der Waals surface area contributed by atoms with Crippen LogP contribution in [-0.4, -0.2) is 99.0 Å². The number of nitrogens with zero attached hydrogens (tertiary/aromatic N) is 6. The number of carbonyl (C=O) groups excluding carboxylic acids is 1. The summed E-state index contributed by atoms with van der Waals surface area (Å²) < 4.78 is 45.8. The van der Waals surface area contributed by atoms with Crippen LogP contribution < -0.4 is 14.5 Å². The second-order valence-corrected chi connectivity index (χ2v) is 14.1. The smallest absolute Gasteiger partial charge is 0.471 e. The van der Waals surface area contributed by atoms with E-state index in [0.29, 0.717) is 43.2 Å². The molecule has 4 aliphatic rings. The topological polar surface area (TPSA) is 85.3 Å². The zero-order valence-electron chi connectivity index (χ0n) is 25.4. The Morgan fingerprint density at radius 1 is 1.09 bits per heavy atom. The van der Waals surface area contributed by atoms with E-state index in [1.54, 1.807) is 12.1 Å². The Balaban J connectivity index is 1.19. The first kappa shape index (κ1) is 30.2. The van der Waals surface area contributed by atoms with E-state index in [1.807, 2.05) is 40.9 Å². The molecule has 1 amide bonds. The van der Waals surface area contributed by atoms with Crippen molar-refractivity contribution in [2.45, 2.75) is 62.0 Å². The maximum absolute atomic E-state index is 13.1. The summed E-state index contributed by atoms with van der Waals surface area (Å²) >= 11 is 1.94. The lowest BCUT2D eigenvalue weighted by molar-refractivity contribution is -0.185. The molecule has 0 bridgehead atoms. The lowest BCUT2D eigenvalue weighted by atomic mass is 10.0. The molecule has 1 unspecified atom stereocenters. The highest BCUT2D eigenvalue weighted by Gasteiger charge is 2.62. The van der Waals surface area contributed by atoms with E-state index in [1.165, 1.54) is 6.42 Å². The van der Waals surface area contributed by atoms with Gasteiger partial charge in [-0.15, -0.1) is 11.8 Å². The molecular formula is C32H37F3N6O3S. The number of piperidine rings is 1. The van der Waals surface area contributed by atoms with Crippen LogP contribution in [0.4, 0.5) is 24.7 Å². The van der Waals surface area contributed by atoms with Gasteiger partial charge in [0.15, 0.2) is 0 Å². The number of fused-ring (bicyclic) bond motifs is 3. The lowest BCUT2D eigenvalue weighted by Gasteiger charge is -2.39. The first-order valence-electron chi connectivity index (χ1n) is 15.6. The Bertz CT molecular complexity index is 1610. The van der Waals surface area contributed by atoms with E-state index in [4.69, 9.17) is 14.7 Å². The molecular weight excluding hydrogens is 605 g/mol. The highest BCUT2D eigenvalue weighted by Crippen LogP contribution is 2.60. The van der Waals surface area contributed by atoms with Crippen molar-refractivity contribution < 1.29 is 27.8 Å². The molecule has 2 aromatic carbocycles. The van der Waals surface area contributed by atoms with Crippen LogP contribution in [0.1, 0.15) is 37.9 Å². The largest absolute Gasteiger partial charge is 0.508 e. The average molecular weight is 643 g/mol. The van der Waals surface area contributed by atoms with Crippen molar-refractivity contribution in [2.75, 3.05) is 55.7 Å². The minimum atomic E-state index is -4.89. The number of aromatic hydroxyl groups is 1. The number of ether oxygens (including phenoxy) is 1. The normalized spacial score (nSPS) is 23.7. The minimum absolute atomic E-state index is 0.0422. The minimum Gasteiger partial charge on any atom is -0.508 e. The van der Waals surface area contributed by atoms with Gasteiger partial charge < -0.3 is 24.5 Å². The summed E-state index contributed by atoms with van der Waals surface area (Å²) in [5.74, 6) is -0.953. The predicted molar refractivity (Wildman–Crippen MR) is 168 cm³/mol. The maximum atomic E-state index is 13.1. The SMILES string of the molecule is CC(C)N1CCCC2S[C@@]21COc1nc2c(c(N3CCN(C(=O)C(F)(F)F)CC3)n1)CCN(c1cc(O)cc3ccccc13)C2. The number of likely N-dealkylation sites (tertiary alicyclic amines) is 1. The predicted octanol–water partition coefficient (Wildman–Crippen LogP) is 4.80. The molecule has 1 aromatic heterocycles. The molecule has 13 heteroatoms. The fourth-order valence-corrected chi connectivity index (χ4v) is 8.81. The van der Waals surface area contributed by atoms with Crippen LogP contribution in [0.5, 0.6) is 11.8 Å². The second-order valence-electron chi connectivity index (χ2n) is 12.6. The van der Waals surface area contributed by atoms with Gasteiger partial charge in [0.25, 0.3) is 0 Å². The van der Waals surface area contributed by atoms with Gasteiger partial charge in [-0.3, -0.25) is 9.69 Å². The highest BCUT2D eigenvalue weighted by atomic mass is 32.2. The Hall–Kier alpha value is -3.45. The number of amides is 1. The molecule has 1 N–H and O–H groups in total. The Kier molecular flexibility index (Phi) is 7.66. The van der Waals surface area contributed by atoms with Gasteiger partial charge in [-0.2, -0.15) is 23.1 Å². The summed E-state index contributed by atoms with van der Waals surface area (Å²) in [5, 5.41) is 13.0. The van der Waals surface area contributed by atoms with Crippen LogP contribution in [0.25, 0.3) is 10.8 Å². The molecule has 45 heavy (non-hydrogen) atoms. The zero-order valence-corrected chi connectivity index (χ0v) is 26.2. The van der Waals surface area contributed by atoms with Gasteiger partial charge in [-0.05, 0) is 51.1 Å². The second kappa shape index (κ2) is 11.4. The number of thioether (sulfide) groups is 1. The van der Waals surface area contributed by atoms with Gasteiger partial charge in [0.2, 0.25) is 0 Å². The van der Waals surface area contributed by atoms with Gasteiger partial charge in [0.1, 0.15) is 23.0 Å². The summed E-state index contributed by atoms with van der Waals surface area (Å²) in [6, 6.07) is 12.1. The van der Waals surface area contributed by atoms with Crippen molar-refractivity contribution in [3.05, 3.63) is 47.7 Å². The third kappa shape index (κ3) is 5.62. The van der Waals surface area contributed by atoms with Gasteiger partial charge in [-0.1, -0.05) is 24.3 Å². The monoisotopic (exact) mass is 642 g/mol. The molecule has 0 radical (unpaired) electrons. The molecule has 240 valence electrons. The third-order valence-corrected chi connectivity index (χ3v) is 11.2. The van der Waals surface area contributed by atoms with Crippen LogP contribution in [0.2, 0.25) is 0 Å². The van der Waals surface area contributed by atoms with E-state index in [-0.39, 0.29) is 42.8 Å². The molecule has 0 aliphatic carbocycles. The van der Waals surface area contributed by atoms with Gasteiger partial charge in [0.05, 0.1) is 12.2 Å². The number of carbonyl (C=O) groups is 1. The first-order chi connectivity index (χ1) is 21.5. The fourth-order valence-electron chi connectivity index (χ4n) is 7.22. The molecule has 5 heterocycles. The van der Waals surface area contributed by atoms with E-state index < -0.39 is 12.1 Å². The fraction of sp³-hybridized carbons (Fsp3) is 0.531. The molecule has 7 rings (SSSR count). The van der Waals surface area contributed by atoms with Crippen LogP contribution in [-0.2, 0) is 17.8 Å². The average Bonchev–Trinajstić information content (AvgIpc) is 3.77. The van der Waals surface area contributed by atoms with Gasteiger partial charge in [0, 0.05) is 66.7 Å². The van der Waals surface area contributed by atoms with Crippen molar-refractivity contribution in [3.63, 3.8) is 0 Å². The number of phenols is 1. The first-order valence-corrected chi connectivity index (χ1v) is 16.5. The molecule has 3 fully saturated rings. The van der Waals surface area contributed by atoms with E-state index in [0.717, 1.165) is 45.6 Å². The molecule has 3 saturated heterocycles. The summed E-state index contributed by atoms with van der Waals surface area (Å²) in [4.78, 5) is 29.1. The molecule has 0 saturated carbocycles. The summed E-state index contributed by atoms with van der Waals surface area (Å²) in [6.45, 7) is 7.37. The van der Waals surface area contributed by atoms with Crippen LogP contribution in [0.3, 0.4) is 0 Å². The number of aromatic nitrogens is 2. The molecule has 3 aromatic rings. The number of hydrogen-bond donors (Lipinski definition) is 1. The standard InChI is InChI=1S/C32H37F3N6O3S/c1-20(2)41-10-5-8-27-31(41,45-27)19-44-30-36-25-18-40(26-17-22(42)16-21-6-3-4-7-23(21)26)11-9-24(25)28(37-30)38-12-14-39(15-13-38)29(43)32(33,34)35/h3-4,6-7,16-17,20,27,42H,5,8-15,18-19H2,1-2H3/t27?,31-/m0/s1. The van der Waals surface area contributed by atoms with Crippen LogP contribution in [0.15, 0.2) is 36.4 Å². The maximum Gasteiger partial charge on any atom is 0.471 e. The Morgan fingerprint density at radius 3 is 2.62 bits per heavy atom. The number of hydrogen-bond acceptors (Lipinski definition) is 9. The Morgan fingerprint density at radius 2 is 1.87 bits per heavy atom. The summed E-state index contributed by atoms with van der Waals surface area (Å²) in [6.07, 6.45) is -1.96. The van der Waals surface area contributed by atoms with Crippen molar-refractivity contribution in [3.8, 4) is 11.8 Å². The quantitative estimate of drug-likeness (QED) is 0.381. The number of anilines is 2. The molecule has 0 spiro atoms. The lowest BCUT2D eigenvalue weighted by Crippen LogP contribution is -2.53. The summed E-state index contributed by atoms with van der Waals surface area (Å²) in [7, 11) is 0. The molecule has 4 aliphatic heterocycles. The number of alkyl halides is 3. The number of piperazine rings is 1. The number of halogens is 3. The zero-order chi connectivity index (χ0) is 31.5. The van der Waals surface area contributed by atoms with Crippen LogP contribution in [0, 0.1) is 0 Å². The highest BCUT2D eigenvalue weighted by molar-refractivity contribution is 8.08. The van der Waals surface area contributed by atoms with Crippen molar-refractivity contribution in [1.82, 2.24) is 19.8 Å².